The lowest BCUT2D eigenvalue weighted by atomic mass is 10.0. The zero-order chi connectivity index (χ0) is 18.8. The average Bonchev–Trinajstić information content (AvgIpc) is 2.71. The van der Waals surface area contributed by atoms with E-state index in [9.17, 15) is 4.79 Å². The van der Waals surface area contributed by atoms with Gasteiger partial charge in [0.1, 0.15) is 6.17 Å². The van der Waals surface area contributed by atoms with Crippen molar-refractivity contribution in [3.05, 3.63) is 102 Å². The monoisotopic (exact) mass is 354 g/mol. The lowest BCUT2D eigenvalue weighted by Crippen LogP contribution is -2.53. The molecule has 1 heterocycles. The lowest BCUT2D eigenvalue weighted by Gasteiger charge is -2.42. The van der Waals surface area contributed by atoms with Crippen LogP contribution in [0.3, 0.4) is 0 Å². The van der Waals surface area contributed by atoms with Crippen molar-refractivity contribution >= 4 is 23.4 Å². The molecular formula is C24H22N2O. The molecule has 0 aliphatic carbocycles. The zero-order valence-corrected chi connectivity index (χ0v) is 15.5. The molecular weight excluding hydrogens is 332 g/mol. The van der Waals surface area contributed by atoms with Crippen LogP contribution in [0.4, 0.5) is 11.4 Å². The van der Waals surface area contributed by atoms with Gasteiger partial charge in [-0.05, 0) is 42.8 Å². The van der Waals surface area contributed by atoms with E-state index < -0.39 is 0 Å². The molecule has 1 aliphatic rings. The van der Waals surface area contributed by atoms with Crippen molar-refractivity contribution in [1.82, 2.24) is 0 Å². The molecule has 0 N–H and O–H groups in total. The molecule has 1 amide bonds. The van der Waals surface area contributed by atoms with E-state index in [4.69, 9.17) is 0 Å². The first-order valence-electron chi connectivity index (χ1n) is 9.10. The van der Waals surface area contributed by atoms with E-state index >= 15 is 0 Å². The quantitative estimate of drug-likeness (QED) is 0.651. The van der Waals surface area contributed by atoms with Crippen LogP contribution in [0.1, 0.15) is 21.5 Å². The van der Waals surface area contributed by atoms with Crippen LogP contribution in [0.2, 0.25) is 0 Å². The second kappa shape index (κ2) is 7.12. The maximum atomic E-state index is 13.3. The fourth-order valence-electron chi connectivity index (χ4n) is 3.48. The van der Waals surface area contributed by atoms with Crippen LogP contribution in [0, 0.1) is 6.92 Å². The number of hydrogen-bond acceptors (Lipinski definition) is 2. The largest absolute Gasteiger partial charge is 0.350 e. The van der Waals surface area contributed by atoms with E-state index in [1.54, 1.807) is 0 Å². The van der Waals surface area contributed by atoms with Crippen LogP contribution in [-0.4, -0.2) is 19.1 Å². The third-order valence-electron chi connectivity index (χ3n) is 4.97. The third-order valence-corrected chi connectivity index (χ3v) is 4.97. The highest BCUT2D eigenvalue weighted by atomic mass is 16.2. The SMILES string of the molecule is Cc1ccc(N2C(=O)c3ccccc3N(C)C2/C=C/c2ccccc2)cc1. The number of anilines is 2. The van der Waals surface area contributed by atoms with E-state index in [0.717, 1.165) is 22.5 Å². The van der Waals surface area contributed by atoms with E-state index in [1.165, 1.54) is 5.56 Å². The number of nitrogens with zero attached hydrogens (tertiary/aromatic N) is 2. The van der Waals surface area contributed by atoms with Crippen LogP contribution in [0.25, 0.3) is 6.08 Å². The molecule has 4 rings (SSSR count). The summed E-state index contributed by atoms with van der Waals surface area (Å²) in [4.78, 5) is 17.3. The average molecular weight is 354 g/mol. The van der Waals surface area contributed by atoms with Crippen molar-refractivity contribution in [1.29, 1.82) is 0 Å². The Kier molecular flexibility index (Phi) is 4.51. The normalized spacial score (nSPS) is 16.7. The highest BCUT2D eigenvalue weighted by Crippen LogP contribution is 2.34. The van der Waals surface area contributed by atoms with Gasteiger partial charge in [0.15, 0.2) is 0 Å². The van der Waals surface area contributed by atoms with Gasteiger partial charge in [0.25, 0.3) is 5.91 Å². The molecule has 1 aliphatic heterocycles. The summed E-state index contributed by atoms with van der Waals surface area (Å²) in [5, 5.41) is 0. The minimum Gasteiger partial charge on any atom is -0.350 e. The van der Waals surface area contributed by atoms with E-state index in [2.05, 4.69) is 36.1 Å². The first kappa shape index (κ1) is 17.1. The maximum absolute atomic E-state index is 13.3. The number of amides is 1. The van der Waals surface area contributed by atoms with Gasteiger partial charge in [-0.1, -0.05) is 66.2 Å². The van der Waals surface area contributed by atoms with Gasteiger partial charge in [-0.2, -0.15) is 0 Å². The Labute approximate surface area is 160 Å². The lowest BCUT2D eigenvalue weighted by molar-refractivity contribution is 0.0975. The predicted molar refractivity (Wildman–Crippen MR) is 112 cm³/mol. The molecule has 0 saturated carbocycles. The Morgan fingerprint density at radius 2 is 1.52 bits per heavy atom. The Bertz CT molecular complexity index is 977. The summed E-state index contributed by atoms with van der Waals surface area (Å²) in [6, 6.07) is 26.1. The van der Waals surface area contributed by atoms with Gasteiger partial charge in [-0.25, -0.2) is 0 Å². The predicted octanol–water partition coefficient (Wildman–Crippen LogP) is 5.13. The number of fused-ring (bicyclic) bond motifs is 1. The van der Waals surface area contributed by atoms with Gasteiger partial charge in [-0.15, -0.1) is 0 Å². The van der Waals surface area contributed by atoms with Crippen LogP contribution < -0.4 is 9.80 Å². The standard InChI is InChI=1S/C24H22N2O/c1-18-12-15-20(16-13-18)26-23(17-14-19-8-4-3-5-9-19)25(2)22-11-7-6-10-21(22)24(26)27/h3-17,23H,1-2H3/b17-14+. The Morgan fingerprint density at radius 1 is 0.852 bits per heavy atom. The molecule has 0 saturated heterocycles. The highest BCUT2D eigenvalue weighted by molar-refractivity contribution is 6.12. The number of likely N-dealkylation sites (N-methyl/N-ethyl adjacent to an activating group) is 1. The van der Waals surface area contributed by atoms with Gasteiger partial charge in [0.05, 0.1) is 11.3 Å². The second-order valence-electron chi connectivity index (χ2n) is 6.82. The molecule has 3 heteroatoms. The van der Waals surface area contributed by atoms with Gasteiger partial charge in [-0.3, -0.25) is 9.69 Å². The number of hydrogen-bond donors (Lipinski definition) is 0. The van der Waals surface area contributed by atoms with Crippen molar-refractivity contribution in [3.63, 3.8) is 0 Å². The molecule has 3 aromatic carbocycles. The fourth-order valence-corrected chi connectivity index (χ4v) is 3.48. The molecule has 0 fully saturated rings. The number of carbonyl (C=O) groups is 1. The van der Waals surface area contributed by atoms with E-state index in [1.807, 2.05) is 78.7 Å². The summed E-state index contributed by atoms with van der Waals surface area (Å²) in [5.74, 6) is 0.0234. The minimum atomic E-state index is -0.199. The zero-order valence-electron chi connectivity index (χ0n) is 15.5. The van der Waals surface area contributed by atoms with Gasteiger partial charge < -0.3 is 4.90 Å². The Morgan fingerprint density at radius 3 is 2.26 bits per heavy atom. The summed E-state index contributed by atoms with van der Waals surface area (Å²) < 4.78 is 0. The Balaban J connectivity index is 1.80. The van der Waals surface area contributed by atoms with E-state index in [0.29, 0.717) is 0 Å². The maximum Gasteiger partial charge on any atom is 0.262 e. The molecule has 0 bridgehead atoms. The summed E-state index contributed by atoms with van der Waals surface area (Å²) in [6.45, 7) is 2.05. The van der Waals surface area contributed by atoms with Crippen molar-refractivity contribution in [3.8, 4) is 0 Å². The summed E-state index contributed by atoms with van der Waals surface area (Å²) in [5.41, 5.74) is 4.86. The molecule has 3 aromatic rings. The topological polar surface area (TPSA) is 23.6 Å². The summed E-state index contributed by atoms with van der Waals surface area (Å²) in [6.07, 6.45) is 3.96. The van der Waals surface area contributed by atoms with Gasteiger partial charge in [0.2, 0.25) is 0 Å². The molecule has 0 spiro atoms. The van der Waals surface area contributed by atoms with Crippen LogP contribution >= 0.6 is 0 Å². The first-order chi connectivity index (χ1) is 13.1. The van der Waals surface area contributed by atoms with Crippen LogP contribution in [-0.2, 0) is 0 Å². The molecule has 134 valence electrons. The summed E-state index contributed by atoms with van der Waals surface area (Å²) in [7, 11) is 2.03. The third kappa shape index (κ3) is 3.24. The van der Waals surface area contributed by atoms with Crippen molar-refractivity contribution in [2.24, 2.45) is 0 Å². The second-order valence-corrected chi connectivity index (χ2v) is 6.82. The molecule has 3 nitrogen and oxygen atoms in total. The van der Waals surface area contributed by atoms with Crippen molar-refractivity contribution in [2.45, 2.75) is 13.1 Å². The number of para-hydroxylation sites is 1. The van der Waals surface area contributed by atoms with E-state index in [-0.39, 0.29) is 12.1 Å². The van der Waals surface area contributed by atoms with Crippen molar-refractivity contribution < 1.29 is 4.79 Å². The van der Waals surface area contributed by atoms with Crippen molar-refractivity contribution in [2.75, 3.05) is 16.8 Å². The number of carbonyl (C=O) groups excluding carboxylic acids is 1. The number of benzene rings is 3. The molecule has 0 aromatic heterocycles. The fraction of sp³-hybridized carbons (Fsp3) is 0.125. The number of rotatable bonds is 3. The molecule has 0 radical (unpaired) electrons. The number of aryl methyl sites for hydroxylation is 1. The Hall–Kier alpha value is -3.33. The van der Waals surface area contributed by atoms with Gasteiger partial charge in [0, 0.05) is 12.7 Å². The van der Waals surface area contributed by atoms with Gasteiger partial charge >= 0.3 is 0 Å². The highest BCUT2D eigenvalue weighted by Gasteiger charge is 2.35. The first-order valence-corrected chi connectivity index (χ1v) is 9.10. The smallest absolute Gasteiger partial charge is 0.262 e. The summed E-state index contributed by atoms with van der Waals surface area (Å²) >= 11 is 0. The molecule has 27 heavy (non-hydrogen) atoms. The minimum absolute atomic E-state index is 0.0234. The van der Waals surface area contributed by atoms with Crippen LogP contribution in [0.5, 0.6) is 0 Å². The van der Waals surface area contributed by atoms with Crippen LogP contribution in [0.15, 0.2) is 84.9 Å². The molecule has 1 atom stereocenters. The molecule has 1 unspecified atom stereocenters.